The normalized spacial score (nSPS) is 22.6. The first-order valence-electron chi connectivity index (χ1n) is 9.52. The summed E-state index contributed by atoms with van der Waals surface area (Å²) in [6.45, 7) is 2.15. The number of hydrogen-bond acceptors (Lipinski definition) is 4. The summed E-state index contributed by atoms with van der Waals surface area (Å²) in [5.74, 6) is -1.13. The highest BCUT2D eigenvalue weighted by Gasteiger charge is 2.40. The Morgan fingerprint density at radius 1 is 1.11 bits per heavy atom. The molecule has 5 rings (SSSR count). The molecule has 6 nitrogen and oxygen atoms in total. The molecule has 0 aliphatic carbocycles. The Morgan fingerprint density at radius 2 is 1.89 bits per heavy atom. The van der Waals surface area contributed by atoms with Crippen LogP contribution in [-0.2, 0) is 13.0 Å². The second-order valence-electron chi connectivity index (χ2n) is 7.51. The number of β-amino-alcohol motifs (C(OH)–C–C–N with tert-alkyl or cyclic N) is 1. The minimum atomic E-state index is -0.662. The zero-order chi connectivity index (χ0) is 19.3. The van der Waals surface area contributed by atoms with Crippen LogP contribution in [0.3, 0.4) is 0 Å². The molecule has 0 spiro atoms. The van der Waals surface area contributed by atoms with Gasteiger partial charge in [-0.05, 0) is 29.7 Å². The predicted octanol–water partition coefficient (Wildman–Crippen LogP) is 1.72. The third-order valence-electron chi connectivity index (χ3n) is 5.85. The maximum Gasteiger partial charge on any atom is 0.277 e. The fraction of sp³-hybridized carbons (Fsp3) is 0.333. The van der Waals surface area contributed by atoms with Crippen LogP contribution >= 0.6 is 0 Å². The van der Waals surface area contributed by atoms with Crippen molar-refractivity contribution in [3.8, 4) is 0 Å². The van der Waals surface area contributed by atoms with Crippen molar-refractivity contribution < 1.29 is 14.3 Å². The number of halogens is 1. The Morgan fingerprint density at radius 3 is 2.71 bits per heavy atom. The quantitative estimate of drug-likeness (QED) is 0.736. The van der Waals surface area contributed by atoms with E-state index in [2.05, 4.69) is 22.0 Å². The van der Waals surface area contributed by atoms with Gasteiger partial charge in [0.1, 0.15) is 5.65 Å². The summed E-state index contributed by atoms with van der Waals surface area (Å²) in [4.78, 5) is 20.8. The molecule has 0 bridgehead atoms. The van der Waals surface area contributed by atoms with Crippen LogP contribution in [0.2, 0.25) is 0 Å². The van der Waals surface area contributed by atoms with Crippen LogP contribution in [0, 0.1) is 5.95 Å². The number of likely N-dealkylation sites (tertiary alicyclic amines) is 1. The van der Waals surface area contributed by atoms with Crippen LogP contribution in [-0.4, -0.2) is 62.0 Å². The highest BCUT2D eigenvalue weighted by atomic mass is 19.1. The molecular weight excluding hydrogens is 359 g/mol. The molecule has 1 amide bonds. The van der Waals surface area contributed by atoms with Crippen molar-refractivity contribution >= 4 is 11.6 Å². The number of imidazole rings is 1. The van der Waals surface area contributed by atoms with E-state index in [1.165, 1.54) is 20.4 Å². The molecule has 0 unspecified atom stereocenters. The van der Waals surface area contributed by atoms with Crippen LogP contribution < -0.4 is 0 Å². The van der Waals surface area contributed by atoms with Crippen molar-refractivity contribution in [3.63, 3.8) is 0 Å². The Balaban J connectivity index is 1.35. The van der Waals surface area contributed by atoms with Gasteiger partial charge in [-0.25, -0.2) is 4.98 Å². The van der Waals surface area contributed by atoms with Gasteiger partial charge in [0.25, 0.3) is 5.91 Å². The monoisotopic (exact) mass is 380 g/mol. The number of carbonyl (C=O) groups excluding carboxylic acids is 1. The van der Waals surface area contributed by atoms with Gasteiger partial charge in [0, 0.05) is 32.4 Å². The highest BCUT2D eigenvalue weighted by molar-refractivity contribution is 5.93. The number of aliphatic hydroxyl groups excluding tert-OH is 1. The van der Waals surface area contributed by atoms with Gasteiger partial charge in [0.15, 0.2) is 5.69 Å². The van der Waals surface area contributed by atoms with Gasteiger partial charge in [0.05, 0.1) is 12.1 Å². The Kier molecular flexibility index (Phi) is 4.14. The third kappa shape index (κ3) is 2.78. The Bertz CT molecular complexity index is 1050. The van der Waals surface area contributed by atoms with E-state index in [4.69, 9.17) is 0 Å². The minimum Gasteiger partial charge on any atom is -0.390 e. The smallest absolute Gasteiger partial charge is 0.277 e. The molecule has 2 aliphatic heterocycles. The molecule has 1 N–H and O–H groups in total. The summed E-state index contributed by atoms with van der Waals surface area (Å²) in [7, 11) is 0. The van der Waals surface area contributed by atoms with Crippen molar-refractivity contribution in [2.24, 2.45) is 0 Å². The van der Waals surface area contributed by atoms with Gasteiger partial charge >= 0.3 is 0 Å². The van der Waals surface area contributed by atoms with E-state index < -0.39 is 18.0 Å². The van der Waals surface area contributed by atoms with E-state index in [-0.39, 0.29) is 18.3 Å². The fourth-order valence-corrected chi connectivity index (χ4v) is 4.35. The van der Waals surface area contributed by atoms with Crippen LogP contribution in [0.4, 0.5) is 4.39 Å². The van der Waals surface area contributed by atoms with E-state index in [0.29, 0.717) is 12.2 Å². The molecule has 0 radical (unpaired) electrons. The van der Waals surface area contributed by atoms with Crippen molar-refractivity contribution in [2.45, 2.75) is 25.1 Å². The SMILES string of the molecule is O=C(c1nc2ccccn2c1F)N1C[C@@H](O)[C@H](N2CCc3ccccc3C2)C1. The molecule has 0 saturated carbocycles. The molecular formula is C21H21FN4O2. The fourth-order valence-electron chi connectivity index (χ4n) is 4.35. The molecule has 2 atom stereocenters. The van der Waals surface area contributed by atoms with Crippen molar-refractivity contribution in [1.82, 2.24) is 19.2 Å². The maximum absolute atomic E-state index is 14.6. The molecule has 2 aliphatic rings. The average Bonchev–Trinajstić information content (AvgIpc) is 3.28. The Hall–Kier alpha value is -2.77. The van der Waals surface area contributed by atoms with Crippen LogP contribution in [0.25, 0.3) is 5.65 Å². The molecule has 1 fully saturated rings. The largest absolute Gasteiger partial charge is 0.390 e. The number of aromatic nitrogens is 2. The molecule has 1 saturated heterocycles. The summed E-state index contributed by atoms with van der Waals surface area (Å²) >= 11 is 0. The summed E-state index contributed by atoms with van der Waals surface area (Å²) in [6, 6.07) is 13.3. The second kappa shape index (κ2) is 6.68. The molecule has 3 aromatic rings. The molecule has 1 aromatic carbocycles. The van der Waals surface area contributed by atoms with E-state index >= 15 is 0 Å². The molecule has 28 heavy (non-hydrogen) atoms. The van der Waals surface area contributed by atoms with Gasteiger partial charge in [-0.3, -0.25) is 14.1 Å². The zero-order valence-corrected chi connectivity index (χ0v) is 15.3. The highest BCUT2D eigenvalue weighted by Crippen LogP contribution is 2.26. The molecule has 2 aromatic heterocycles. The average molecular weight is 380 g/mol. The van der Waals surface area contributed by atoms with Crippen LogP contribution in [0.15, 0.2) is 48.7 Å². The van der Waals surface area contributed by atoms with Gasteiger partial charge < -0.3 is 10.0 Å². The number of amides is 1. The number of rotatable bonds is 2. The molecule has 4 heterocycles. The van der Waals surface area contributed by atoms with Crippen LogP contribution in [0.1, 0.15) is 21.6 Å². The topological polar surface area (TPSA) is 61.1 Å². The van der Waals surface area contributed by atoms with Gasteiger partial charge in [-0.15, -0.1) is 0 Å². The van der Waals surface area contributed by atoms with E-state index in [9.17, 15) is 14.3 Å². The lowest BCUT2D eigenvalue weighted by atomic mass is 9.98. The number of aliphatic hydroxyl groups is 1. The third-order valence-corrected chi connectivity index (χ3v) is 5.85. The first-order valence-corrected chi connectivity index (χ1v) is 9.52. The Labute approximate surface area is 161 Å². The lowest BCUT2D eigenvalue weighted by Crippen LogP contribution is -2.45. The van der Waals surface area contributed by atoms with Crippen LogP contribution in [0.5, 0.6) is 0 Å². The predicted molar refractivity (Wildman–Crippen MR) is 101 cm³/mol. The molecule has 144 valence electrons. The van der Waals surface area contributed by atoms with Gasteiger partial charge in [-0.1, -0.05) is 30.3 Å². The second-order valence-corrected chi connectivity index (χ2v) is 7.51. The number of nitrogens with zero attached hydrogens (tertiary/aromatic N) is 4. The lowest BCUT2D eigenvalue weighted by Gasteiger charge is -2.34. The number of fused-ring (bicyclic) bond motifs is 2. The maximum atomic E-state index is 14.6. The number of hydrogen-bond donors (Lipinski definition) is 1. The van der Waals surface area contributed by atoms with E-state index in [1.54, 1.807) is 24.4 Å². The zero-order valence-electron chi connectivity index (χ0n) is 15.3. The summed E-state index contributed by atoms with van der Waals surface area (Å²) in [5.41, 5.74) is 2.80. The first kappa shape index (κ1) is 17.3. The summed E-state index contributed by atoms with van der Waals surface area (Å²) in [6.07, 6.45) is 1.81. The number of benzene rings is 1. The summed E-state index contributed by atoms with van der Waals surface area (Å²) < 4.78 is 15.9. The van der Waals surface area contributed by atoms with Gasteiger partial charge in [0.2, 0.25) is 5.95 Å². The minimum absolute atomic E-state index is 0.155. The summed E-state index contributed by atoms with van der Waals surface area (Å²) in [5, 5.41) is 10.6. The molecule has 7 heteroatoms. The van der Waals surface area contributed by atoms with E-state index in [1.807, 2.05) is 12.1 Å². The van der Waals surface area contributed by atoms with E-state index in [0.717, 1.165) is 19.5 Å². The van der Waals surface area contributed by atoms with Crippen molar-refractivity contribution in [1.29, 1.82) is 0 Å². The first-order chi connectivity index (χ1) is 13.6. The van der Waals surface area contributed by atoms with Crippen molar-refractivity contribution in [2.75, 3.05) is 19.6 Å². The standard InChI is InChI=1S/C21H21FN4O2/c22-20-19(23-18-7-3-4-9-26(18)20)21(28)25-12-16(17(27)13-25)24-10-8-14-5-1-2-6-15(14)11-24/h1-7,9,16-17,27H,8,10-13H2/t16-,17-/m1/s1. The number of carbonyl (C=O) groups is 1. The number of pyridine rings is 1. The van der Waals surface area contributed by atoms with Crippen molar-refractivity contribution in [3.05, 3.63) is 71.4 Å². The van der Waals surface area contributed by atoms with Gasteiger partial charge in [-0.2, -0.15) is 4.39 Å². The lowest BCUT2D eigenvalue weighted by molar-refractivity contribution is 0.0732.